The van der Waals surface area contributed by atoms with Crippen molar-refractivity contribution in [1.29, 1.82) is 0 Å². The van der Waals surface area contributed by atoms with Crippen LogP contribution in [0.2, 0.25) is 0 Å². The molecule has 0 saturated heterocycles. The van der Waals surface area contributed by atoms with Crippen LogP contribution in [0, 0.1) is 11.8 Å². The summed E-state index contributed by atoms with van der Waals surface area (Å²) in [6.07, 6.45) is 8.76. The molecule has 0 N–H and O–H groups in total. The van der Waals surface area contributed by atoms with E-state index in [4.69, 9.17) is 4.74 Å². The van der Waals surface area contributed by atoms with Gasteiger partial charge in [-0.15, -0.1) is 0 Å². The fourth-order valence-corrected chi connectivity index (χ4v) is 3.60. The highest BCUT2D eigenvalue weighted by atomic mass is 16.5. The van der Waals surface area contributed by atoms with E-state index < -0.39 is 0 Å². The van der Waals surface area contributed by atoms with Crippen molar-refractivity contribution in [3.8, 4) is 11.8 Å². The molecule has 0 bridgehead atoms. The molecule has 27 heavy (non-hydrogen) atoms. The van der Waals surface area contributed by atoms with Crippen molar-refractivity contribution >= 4 is 5.76 Å². The molecule has 2 aromatic rings. The number of rotatable bonds is 5. The second kappa shape index (κ2) is 8.49. The zero-order valence-electron chi connectivity index (χ0n) is 16.3. The van der Waals surface area contributed by atoms with Crippen LogP contribution in [-0.4, -0.2) is 6.61 Å². The van der Waals surface area contributed by atoms with Crippen molar-refractivity contribution in [2.24, 2.45) is 0 Å². The maximum absolute atomic E-state index is 6.04. The average molecular weight is 357 g/mol. The number of allylic oxidation sites excluding steroid dienone is 1. The van der Waals surface area contributed by atoms with Gasteiger partial charge in [0.05, 0.1) is 6.61 Å². The maximum Gasteiger partial charge on any atom is 0.125 e. The monoisotopic (exact) mass is 356 g/mol. The molecule has 4 rings (SSSR count). The zero-order chi connectivity index (χ0) is 18.5. The van der Waals surface area contributed by atoms with Gasteiger partial charge in [-0.3, -0.25) is 0 Å². The van der Waals surface area contributed by atoms with Gasteiger partial charge in [-0.2, -0.15) is 0 Å². The minimum Gasteiger partial charge on any atom is -0.493 e. The zero-order valence-corrected chi connectivity index (χ0v) is 16.3. The van der Waals surface area contributed by atoms with E-state index in [0.717, 1.165) is 35.8 Å². The van der Waals surface area contributed by atoms with Crippen LogP contribution in [0.15, 0.2) is 54.1 Å². The van der Waals surface area contributed by atoms with Crippen molar-refractivity contribution in [3.05, 3.63) is 76.4 Å². The van der Waals surface area contributed by atoms with Crippen LogP contribution in [0.3, 0.4) is 0 Å². The molecule has 1 heteroatoms. The van der Waals surface area contributed by atoms with Gasteiger partial charge in [-0.05, 0) is 79.8 Å². The first-order chi connectivity index (χ1) is 13.3. The minimum absolute atomic E-state index is 0.786. The molecule has 0 radical (unpaired) electrons. The Hall–Kier alpha value is -2.46. The Balaban J connectivity index is 1.45. The van der Waals surface area contributed by atoms with Crippen LogP contribution < -0.4 is 0 Å². The lowest BCUT2D eigenvalue weighted by atomic mass is 9.80. The van der Waals surface area contributed by atoms with Crippen molar-refractivity contribution in [3.63, 3.8) is 0 Å². The van der Waals surface area contributed by atoms with E-state index in [1.165, 1.54) is 55.2 Å². The molecule has 0 spiro atoms. The normalized spacial score (nSPS) is 16.0. The van der Waals surface area contributed by atoms with Gasteiger partial charge in [0.25, 0.3) is 0 Å². The molecule has 0 aliphatic heterocycles. The van der Waals surface area contributed by atoms with E-state index in [2.05, 4.69) is 67.3 Å². The Morgan fingerprint density at radius 1 is 0.889 bits per heavy atom. The van der Waals surface area contributed by atoms with E-state index in [9.17, 15) is 0 Å². The number of ether oxygens (including phenoxy) is 1. The molecule has 0 heterocycles. The molecule has 2 aliphatic carbocycles. The number of hydrogen-bond donors (Lipinski definition) is 0. The third-order valence-electron chi connectivity index (χ3n) is 5.71. The van der Waals surface area contributed by atoms with E-state index >= 15 is 0 Å². The van der Waals surface area contributed by atoms with E-state index in [-0.39, 0.29) is 0 Å². The van der Waals surface area contributed by atoms with Gasteiger partial charge in [-0.1, -0.05) is 49.5 Å². The van der Waals surface area contributed by atoms with Crippen LogP contribution in [0.5, 0.6) is 0 Å². The summed E-state index contributed by atoms with van der Waals surface area (Å²) in [7, 11) is 0. The standard InChI is InChI=1S/C26H28O/c1-2-19-27-26(24-7-4-8-24)25-17-13-21(14-18-25)10-9-20-11-15-23(16-12-20)22-5-3-6-22/h11-18,22H,2-8,19H2,1H3. The highest BCUT2D eigenvalue weighted by Crippen LogP contribution is 2.36. The Kier molecular flexibility index (Phi) is 5.64. The highest BCUT2D eigenvalue weighted by Gasteiger charge is 2.19. The second-order valence-corrected chi connectivity index (χ2v) is 7.71. The first-order valence-electron chi connectivity index (χ1n) is 10.4. The molecule has 138 valence electrons. The smallest absolute Gasteiger partial charge is 0.125 e. The highest BCUT2D eigenvalue weighted by molar-refractivity contribution is 5.65. The molecule has 0 unspecified atom stereocenters. The summed E-state index contributed by atoms with van der Waals surface area (Å²) >= 11 is 0. The molecular weight excluding hydrogens is 328 g/mol. The SMILES string of the molecule is CCCOC(=C1CCC1)c1ccc(C#Cc2ccc(C3CCC3)cc2)cc1. The molecule has 0 atom stereocenters. The first-order valence-corrected chi connectivity index (χ1v) is 10.4. The van der Waals surface area contributed by atoms with Crippen molar-refractivity contribution in [1.82, 2.24) is 0 Å². The van der Waals surface area contributed by atoms with E-state index in [1.54, 1.807) is 0 Å². The third kappa shape index (κ3) is 4.28. The molecular formula is C26H28O. The fourth-order valence-electron chi connectivity index (χ4n) is 3.60. The summed E-state index contributed by atoms with van der Waals surface area (Å²) in [6.45, 7) is 2.94. The lowest BCUT2D eigenvalue weighted by Gasteiger charge is -2.25. The Morgan fingerprint density at radius 2 is 1.52 bits per heavy atom. The molecule has 2 aliphatic rings. The van der Waals surface area contributed by atoms with Crippen LogP contribution in [0.4, 0.5) is 0 Å². The van der Waals surface area contributed by atoms with Crippen molar-refractivity contribution < 1.29 is 4.74 Å². The Bertz CT molecular complexity index is 849. The lowest BCUT2D eigenvalue weighted by Crippen LogP contribution is -2.08. The Labute approximate surface area is 163 Å². The predicted molar refractivity (Wildman–Crippen MR) is 112 cm³/mol. The summed E-state index contributed by atoms with van der Waals surface area (Å²) in [5.74, 6) is 8.49. The quantitative estimate of drug-likeness (QED) is 0.429. The number of benzene rings is 2. The molecule has 1 nitrogen and oxygen atoms in total. The Morgan fingerprint density at radius 3 is 2.00 bits per heavy atom. The minimum atomic E-state index is 0.786. The van der Waals surface area contributed by atoms with Gasteiger partial charge in [0.1, 0.15) is 5.76 Å². The van der Waals surface area contributed by atoms with Gasteiger partial charge in [-0.25, -0.2) is 0 Å². The largest absolute Gasteiger partial charge is 0.493 e. The van der Waals surface area contributed by atoms with Gasteiger partial charge < -0.3 is 4.74 Å². The van der Waals surface area contributed by atoms with E-state index in [0.29, 0.717) is 0 Å². The van der Waals surface area contributed by atoms with Crippen LogP contribution in [-0.2, 0) is 4.74 Å². The van der Waals surface area contributed by atoms with Crippen LogP contribution in [0.25, 0.3) is 5.76 Å². The average Bonchev–Trinajstić information content (AvgIpc) is 2.62. The molecule has 2 aromatic carbocycles. The van der Waals surface area contributed by atoms with Gasteiger partial charge in [0.15, 0.2) is 0 Å². The summed E-state index contributed by atoms with van der Waals surface area (Å²) in [5, 5.41) is 0. The second-order valence-electron chi connectivity index (χ2n) is 7.71. The van der Waals surface area contributed by atoms with Crippen molar-refractivity contribution in [2.45, 2.75) is 57.8 Å². The topological polar surface area (TPSA) is 9.23 Å². The van der Waals surface area contributed by atoms with Crippen molar-refractivity contribution in [2.75, 3.05) is 6.61 Å². The fraction of sp³-hybridized carbons (Fsp3) is 0.385. The summed E-state index contributed by atoms with van der Waals surface area (Å²) in [5.41, 5.74) is 6.27. The van der Waals surface area contributed by atoms with Gasteiger partial charge >= 0.3 is 0 Å². The molecule has 2 fully saturated rings. The summed E-state index contributed by atoms with van der Waals surface area (Å²) in [6, 6.07) is 17.3. The lowest BCUT2D eigenvalue weighted by molar-refractivity contribution is 0.270. The molecule has 0 aromatic heterocycles. The molecule has 0 amide bonds. The van der Waals surface area contributed by atoms with Crippen LogP contribution >= 0.6 is 0 Å². The third-order valence-corrected chi connectivity index (χ3v) is 5.71. The van der Waals surface area contributed by atoms with E-state index in [1.807, 2.05) is 0 Å². The van der Waals surface area contributed by atoms with Gasteiger partial charge in [0, 0.05) is 16.7 Å². The summed E-state index contributed by atoms with van der Waals surface area (Å²) < 4.78 is 6.04. The predicted octanol–water partition coefficient (Wildman–Crippen LogP) is 6.68. The number of hydrogen-bond acceptors (Lipinski definition) is 1. The van der Waals surface area contributed by atoms with Gasteiger partial charge in [0.2, 0.25) is 0 Å². The summed E-state index contributed by atoms with van der Waals surface area (Å²) in [4.78, 5) is 0. The first kappa shape index (κ1) is 17.9. The van der Waals surface area contributed by atoms with Crippen LogP contribution in [0.1, 0.15) is 80.0 Å². The molecule has 2 saturated carbocycles. The maximum atomic E-state index is 6.04.